The van der Waals surface area contributed by atoms with Crippen LogP contribution in [0.15, 0.2) is 18.2 Å². The Kier molecular flexibility index (Phi) is 4.59. The quantitative estimate of drug-likeness (QED) is 0.751. The van der Waals surface area contributed by atoms with Gasteiger partial charge < -0.3 is 25.3 Å². The lowest BCUT2D eigenvalue weighted by atomic mass is 10.2. The first-order chi connectivity index (χ1) is 9.19. The van der Waals surface area contributed by atoms with Crippen LogP contribution in [0.1, 0.15) is 6.42 Å². The number of ether oxygens (including phenoxy) is 3. The molecule has 0 radical (unpaired) electrons. The van der Waals surface area contributed by atoms with Gasteiger partial charge in [0.2, 0.25) is 5.91 Å². The maximum Gasteiger partial charge on any atom is 0.226 e. The summed E-state index contributed by atoms with van der Waals surface area (Å²) in [4.78, 5) is 11.7. The highest BCUT2D eigenvalue weighted by atomic mass is 16.6. The number of nitrogens with one attached hydrogen (secondary N) is 1. The number of hydrogen-bond donors (Lipinski definition) is 2. The summed E-state index contributed by atoms with van der Waals surface area (Å²) in [5.74, 6) is 0.529. The molecule has 0 unspecified atom stereocenters. The molecule has 0 aliphatic carbocycles. The van der Waals surface area contributed by atoms with Crippen molar-refractivity contribution < 1.29 is 19.0 Å². The van der Waals surface area contributed by atoms with Gasteiger partial charge in [0, 0.05) is 6.07 Å². The predicted octanol–water partition coefficient (Wildman–Crippen LogP) is 1.02. The molecule has 3 N–H and O–H groups in total. The Morgan fingerprint density at radius 1 is 1.53 bits per heavy atom. The summed E-state index contributed by atoms with van der Waals surface area (Å²) >= 11 is 0. The molecule has 6 heteroatoms. The van der Waals surface area contributed by atoms with E-state index in [1.165, 1.54) is 0 Å². The van der Waals surface area contributed by atoms with Crippen LogP contribution >= 0.6 is 0 Å². The summed E-state index contributed by atoms with van der Waals surface area (Å²) in [6, 6.07) is 5.12. The van der Waals surface area contributed by atoms with Crippen LogP contribution in [0.3, 0.4) is 0 Å². The van der Waals surface area contributed by atoms with E-state index >= 15 is 0 Å². The van der Waals surface area contributed by atoms with Crippen molar-refractivity contribution >= 4 is 17.3 Å². The Bertz CT molecular complexity index is 446. The molecular weight excluding hydrogens is 248 g/mol. The van der Waals surface area contributed by atoms with Crippen molar-refractivity contribution in [3.8, 4) is 5.75 Å². The number of amides is 1. The highest BCUT2D eigenvalue weighted by Gasteiger charge is 2.18. The van der Waals surface area contributed by atoms with Gasteiger partial charge in [0.05, 0.1) is 44.7 Å². The maximum absolute atomic E-state index is 11.7. The van der Waals surface area contributed by atoms with Crippen molar-refractivity contribution in [2.45, 2.75) is 12.5 Å². The van der Waals surface area contributed by atoms with Gasteiger partial charge >= 0.3 is 0 Å². The Hall–Kier alpha value is -1.79. The van der Waals surface area contributed by atoms with Gasteiger partial charge in [-0.3, -0.25) is 4.79 Å². The average Bonchev–Trinajstić information content (AvgIpc) is 2.35. The molecule has 0 spiro atoms. The molecule has 1 amide bonds. The second kappa shape index (κ2) is 6.40. The number of carbonyl (C=O) groups excluding carboxylic acids is 1. The minimum absolute atomic E-state index is 0.128. The topological polar surface area (TPSA) is 82.8 Å². The largest absolute Gasteiger partial charge is 0.497 e. The first-order valence-electron chi connectivity index (χ1n) is 6.11. The summed E-state index contributed by atoms with van der Waals surface area (Å²) in [5, 5.41) is 2.74. The lowest BCUT2D eigenvalue weighted by Gasteiger charge is -2.25. The van der Waals surface area contributed by atoms with Crippen LogP contribution in [-0.2, 0) is 14.3 Å². The SMILES string of the molecule is COc1ccc(NC(=O)CCOC2COC2)c(N)c1. The van der Waals surface area contributed by atoms with Crippen molar-refractivity contribution in [2.75, 3.05) is 38.0 Å². The van der Waals surface area contributed by atoms with Crippen LogP contribution in [0, 0.1) is 0 Å². The normalized spacial score (nSPS) is 14.8. The summed E-state index contributed by atoms with van der Waals surface area (Å²) in [6.07, 6.45) is 0.431. The van der Waals surface area contributed by atoms with Crippen molar-refractivity contribution in [2.24, 2.45) is 0 Å². The molecule has 1 aliphatic rings. The van der Waals surface area contributed by atoms with E-state index in [-0.39, 0.29) is 12.0 Å². The van der Waals surface area contributed by atoms with Crippen molar-refractivity contribution in [3.05, 3.63) is 18.2 Å². The van der Waals surface area contributed by atoms with Gasteiger partial charge in [0.15, 0.2) is 0 Å². The molecule has 1 saturated heterocycles. The standard InChI is InChI=1S/C13H18N2O4/c1-17-9-2-3-12(11(14)6-9)15-13(16)4-5-19-10-7-18-8-10/h2-3,6,10H,4-5,7-8,14H2,1H3,(H,15,16). The monoisotopic (exact) mass is 266 g/mol. The first kappa shape index (κ1) is 13.6. The lowest BCUT2D eigenvalue weighted by molar-refractivity contribution is -0.135. The van der Waals surface area contributed by atoms with Gasteiger partial charge in [-0.2, -0.15) is 0 Å². The summed E-state index contributed by atoms with van der Waals surface area (Å²) in [7, 11) is 1.56. The molecule has 0 bridgehead atoms. The van der Waals surface area contributed by atoms with E-state index in [1.54, 1.807) is 25.3 Å². The molecule has 6 nitrogen and oxygen atoms in total. The number of methoxy groups -OCH3 is 1. The van der Waals surface area contributed by atoms with Gasteiger partial charge in [0.1, 0.15) is 11.9 Å². The summed E-state index contributed by atoms with van der Waals surface area (Å²) in [6.45, 7) is 1.62. The minimum atomic E-state index is -0.128. The third kappa shape index (κ3) is 3.84. The molecule has 1 aromatic carbocycles. The molecule has 1 heterocycles. The lowest BCUT2D eigenvalue weighted by Crippen LogP contribution is -2.36. The molecule has 1 aliphatic heterocycles. The van der Waals surface area contributed by atoms with E-state index < -0.39 is 0 Å². The van der Waals surface area contributed by atoms with E-state index in [0.717, 1.165) is 0 Å². The van der Waals surface area contributed by atoms with Gasteiger partial charge in [0.25, 0.3) is 0 Å². The van der Waals surface area contributed by atoms with E-state index in [1.807, 2.05) is 0 Å². The summed E-state index contributed by atoms with van der Waals surface area (Å²) < 4.78 is 15.4. The third-order valence-corrected chi connectivity index (χ3v) is 2.82. The van der Waals surface area contributed by atoms with E-state index in [0.29, 0.717) is 43.4 Å². The highest BCUT2D eigenvalue weighted by molar-refractivity contribution is 5.94. The third-order valence-electron chi connectivity index (χ3n) is 2.82. The van der Waals surface area contributed by atoms with Gasteiger partial charge in [-0.05, 0) is 12.1 Å². The smallest absolute Gasteiger partial charge is 0.226 e. The molecule has 0 saturated carbocycles. The van der Waals surface area contributed by atoms with Crippen LogP contribution in [0.2, 0.25) is 0 Å². The van der Waals surface area contributed by atoms with Crippen LogP contribution < -0.4 is 15.8 Å². The number of carbonyl (C=O) groups is 1. The van der Waals surface area contributed by atoms with E-state index in [4.69, 9.17) is 19.9 Å². The fourth-order valence-electron chi connectivity index (χ4n) is 1.62. The van der Waals surface area contributed by atoms with Gasteiger partial charge in [-0.1, -0.05) is 0 Å². The molecule has 1 fully saturated rings. The number of rotatable bonds is 6. The first-order valence-corrected chi connectivity index (χ1v) is 6.11. The molecule has 0 atom stereocenters. The molecule has 19 heavy (non-hydrogen) atoms. The summed E-state index contributed by atoms with van der Waals surface area (Å²) in [5.41, 5.74) is 6.86. The Balaban J connectivity index is 1.77. The molecule has 1 aromatic rings. The van der Waals surface area contributed by atoms with Crippen LogP contribution in [0.25, 0.3) is 0 Å². The Morgan fingerprint density at radius 2 is 2.32 bits per heavy atom. The Labute approximate surface area is 111 Å². The van der Waals surface area contributed by atoms with Crippen molar-refractivity contribution in [3.63, 3.8) is 0 Å². The molecule has 104 valence electrons. The Morgan fingerprint density at radius 3 is 2.89 bits per heavy atom. The zero-order chi connectivity index (χ0) is 13.7. The molecule has 2 rings (SSSR count). The minimum Gasteiger partial charge on any atom is -0.497 e. The molecule has 0 aromatic heterocycles. The van der Waals surface area contributed by atoms with Crippen LogP contribution in [0.5, 0.6) is 5.75 Å². The van der Waals surface area contributed by atoms with Crippen LogP contribution in [0.4, 0.5) is 11.4 Å². The number of nitrogen functional groups attached to an aromatic ring is 1. The van der Waals surface area contributed by atoms with Crippen LogP contribution in [-0.4, -0.2) is 38.9 Å². The van der Waals surface area contributed by atoms with Crippen molar-refractivity contribution in [1.82, 2.24) is 0 Å². The second-order valence-corrected chi connectivity index (χ2v) is 4.28. The predicted molar refractivity (Wildman–Crippen MR) is 71.2 cm³/mol. The van der Waals surface area contributed by atoms with Crippen molar-refractivity contribution in [1.29, 1.82) is 0 Å². The van der Waals surface area contributed by atoms with E-state index in [9.17, 15) is 4.79 Å². The number of anilines is 2. The highest BCUT2D eigenvalue weighted by Crippen LogP contribution is 2.24. The number of benzene rings is 1. The number of hydrogen-bond acceptors (Lipinski definition) is 5. The average molecular weight is 266 g/mol. The fourth-order valence-corrected chi connectivity index (χ4v) is 1.62. The zero-order valence-electron chi connectivity index (χ0n) is 10.8. The van der Waals surface area contributed by atoms with Gasteiger partial charge in [-0.15, -0.1) is 0 Å². The fraction of sp³-hybridized carbons (Fsp3) is 0.462. The second-order valence-electron chi connectivity index (χ2n) is 4.28. The molecular formula is C13H18N2O4. The van der Waals surface area contributed by atoms with Gasteiger partial charge in [-0.25, -0.2) is 0 Å². The van der Waals surface area contributed by atoms with E-state index in [2.05, 4.69) is 5.32 Å². The number of nitrogens with two attached hydrogens (primary N) is 1. The zero-order valence-corrected chi connectivity index (χ0v) is 10.8. The maximum atomic E-state index is 11.7.